The Morgan fingerprint density at radius 1 is 1.29 bits per heavy atom. The van der Waals surface area contributed by atoms with Crippen LogP contribution in [-0.2, 0) is 14.3 Å². The summed E-state index contributed by atoms with van der Waals surface area (Å²) in [5, 5.41) is -0.210. The second-order valence-corrected chi connectivity index (χ2v) is 7.58. The quantitative estimate of drug-likeness (QED) is 0.478. The first-order valence-electron chi connectivity index (χ1n) is 8.67. The van der Waals surface area contributed by atoms with E-state index in [1.807, 2.05) is 20.8 Å². The van der Waals surface area contributed by atoms with Crippen molar-refractivity contribution in [3.63, 3.8) is 0 Å². The van der Waals surface area contributed by atoms with E-state index in [-0.39, 0.29) is 11.0 Å². The number of esters is 1. The molecule has 0 spiro atoms. The largest absolute Gasteiger partial charge is 0.490 e. The van der Waals surface area contributed by atoms with Crippen molar-refractivity contribution in [2.24, 2.45) is 0 Å². The van der Waals surface area contributed by atoms with E-state index in [9.17, 15) is 14.4 Å². The van der Waals surface area contributed by atoms with Gasteiger partial charge in [0.25, 0.3) is 11.1 Å². The molecular formula is C19H22ClNO6S. The Morgan fingerprint density at radius 2 is 1.96 bits per heavy atom. The van der Waals surface area contributed by atoms with Crippen LogP contribution in [0.4, 0.5) is 4.79 Å². The molecule has 9 heteroatoms. The van der Waals surface area contributed by atoms with Crippen LogP contribution < -0.4 is 9.47 Å². The molecule has 1 atom stereocenters. The van der Waals surface area contributed by atoms with Gasteiger partial charge in [-0.1, -0.05) is 11.6 Å². The normalized spacial score (nSPS) is 16.7. The van der Waals surface area contributed by atoms with Gasteiger partial charge in [-0.3, -0.25) is 14.5 Å². The highest BCUT2D eigenvalue weighted by Gasteiger charge is 2.41. The summed E-state index contributed by atoms with van der Waals surface area (Å²) in [6.07, 6.45) is 1.43. The molecule has 0 aromatic heterocycles. The molecule has 1 aliphatic heterocycles. The molecule has 152 valence electrons. The molecule has 0 radical (unpaired) electrons. The van der Waals surface area contributed by atoms with E-state index >= 15 is 0 Å². The maximum Gasteiger partial charge on any atom is 0.328 e. The van der Waals surface area contributed by atoms with Crippen molar-refractivity contribution in [2.45, 2.75) is 39.8 Å². The van der Waals surface area contributed by atoms with Gasteiger partial charge in [-0.15, -0.1) is 0 Å². The molecule has 2 amide bonds. The van der Waals surface area contributed by atoms with E-state index in [1.165, 1.54) is 20.1 Å². The Balaban J connectivity index is 2.38. The monoisotopic (exact) mass is 427 g/mol. The molecule has 1 aromatic rings. The van der Waals surface area contributed by atoms with Gasteiger partial charge in [0.1, 0.15) is 6.04 Å². The molecule has 0 N–H and O–H groups in total. The molecule has 7 nitrogen and oxygen atoms in total. The summed E-state index contributed by atoms with van der Waals surface area (Å²) in [5.74, 6) is -0.370. The van der Waals surface area contributed by atoms with Crippen LogP contribution in [0.2, 0.25) is 5.02 Å². The third-order valence-corrected chi connectivity index (χ3v) is 4.90. The summed E-state index contributed by atoms with van der Waals surface area (Å²) in [4.78, 5) is 37.6. The topological polar surface area (TPSA) is 82.1 Å². The van der Waals surface area contributed by atoms with Crippen molar-refractivity contribution >= 4 is 46.6 Å². The van der Waals surface area contributed by atoms with Crippen LogP contribution >= 0.6 is 23.4 Å². The minimum Gasteiger partial charge on any atom is -0.490 e. The van der Waals surface area contributed by atoms with E-state index in [0.717, 1.165) is 16.7 Å². The third kappa shape index (κ3) is 4.80. The molecule has 1 fully saturated rings. The SMILES string of the molecule is CCOc1cc(/C=C2\SC(=O)N([C@H](C)C(=O)OC)C2=O)cc(Cl)c1OC(C)C. The predicted octanol–water partition coefficient (Wildman–Crippen LogP) is 4.12. The van der Waals surface area contributed by atoms with Crippen molar-refractivity contribution in [3.05, 3.63) is 27.6 Å². The maximum atomic E-state index is 12.6. The molecule has 0 saturated carbocycles. The fourth-order valence-corrected chi connectivity index (χ4v) is 3.70. The minimum absolute atomic E-state index is 0.0983. The number of rotatable bonds is 7. The molecule has 1 saturated heterocycles. The summed E-state index contributed by atoms with van der Waals surface area (Å²) < 4.78 is 15.9. The number of carbonyl (C=O) groups excluding carboxylic acids is 3. The summed E-state index contributed by atoms with van der Waals surface area (Å²) >= 11 is 7.09. The second kappa shape index (κ2) is 9.34. The van der Waals surface area contributed by atoms with Gasteiger partial charge in [-0.05, 0) is 63.2 Å². The Hall–Kier alpha value is -2.19. The number of hydrogen-bond acceptors (Lipinski definition) is 7. The second-order valence-electron chi connectivity index (χ2n) is 6.18. The number of imide groups is 1. The zero-order valence-electron chi connectivity index (χ0n) is 16.3. The number of hydrogen-bond donors (Lipinski definition) is 0. The van der Waals surface area contributed by atoms with Crippen molar-refractivity contribution in [1.82, 2.24) is 4.90 Å². The van der Waals surface area contributed by atoms with Crippen LogP contribution in [0.15, 0.2) is 17.0 Å². The molecule has 1 aromatic carbocycles. The lowest BCUT2D eigenvalue weighted by Gasteiger charge is -2.18. The average molecular weight is 428 g/mol. The Kier molecular flexibility index (Phi) is 7.37. The summed E-state index contributed by atoms with van der Waals surface area (Å²) in [7, 11) is 1.20. The highest BCUT2D eigenvalue weighted by atomic mass is 35.5. The third-order valence-electron chi connectivity index (χ3n) is 3.74. The van der Waals surface area contributed by atoms with Crippen LogP contribution in [0.1, 0.15) is 33.3 Å². The Bertz CT molecular complexity index is 823. The van der Waals surface area contributed by atoms with E-state index in [0.29, 0.717) is 28.7 Å². The van der Waals surface area contributed by atoms with E-state index in [4.69, 9.17) is 21.1 Å². The van der Waals surface area contributed by atoms with Gasteiger partial charge in [0.2, 0.25) is 0 Å². The lowest BCUT2D eigenvalue weighted by molar-refractivity contribution is -0.148. The summed E-state index contributed by atoms with van der Waals surface area (Å²) in [5.41, 5.74) is 0.570. The Morgan fingerprint density at radius 3 is 2.54 bits per heavy atom. The van der Waals surface area contributed by atoms with E-state index < -0.39 is 23.2 Å². The predicted molar refractivity (Wildman–Crippen MR) is 108 cm³/mol. The van der Waals surface area contributed by atoms with Crippen molar-refractivity contribution in [2.75, 3.05) is 13.7 Å². The molecule has 28 heavy (non-hydrogen) atoms. The Labute approximate surface area is 172 Å². The zero-order chi connectivity index (χ0) is 21.0. The smallest absolute Gasteiger partial charge is 0.328 e. The average Bonchev–Trinajstić information content (AvgIpc) is 2.90. The highest BCUT2D eigenvalue weighted by molar-refractivity contribution is 8.18. The van der Waals surface area contributed by atoms with Gasteiger partial charge in [0.15, 0.2) is 11.5 Å². The molecule has 1 aliphatic rings. The van der Waals surface area contributed by atoms with Crippen LogP contribution in [0, 0.1) is 0 Å². The highest BCUT2D eigenvalue weighted by Crippen LogP contribution is 2.40. The summed E-state index contributed by atoms with van der Waals surface area (Å²) in [6.45, 7) is 7.42. The fraction of sp³-hybridized carbons (Fsp3) is 0.421. The molecule has 0 unspecified atom stereocenters. The zero-order valence-corrected chi connectivity index (χ0v) is 17.8. The number of benzene rings is 1. The van der Waals surface area contributed by atoms with Gasteiger partial charge in [0, 0.05) is 0 Å². The maximum absolute atomic E-state index is 12.6. The first-order valence-corrected chi connectivity index (χ1v) is 9.86. The van der Waals surface area contributed by atoms with Crippen LogP contribution in [-0.4, -0.2) is 47.9 Å². The van der Waals surface area contributed by atoms with Crippen LogP contribution in [0.3, 0.4) is 0 Å². The molecule has 0 bridgehead atoms. The number of ether oxygens (including phenoxy) is 3. The van der Waals surface area contributed by atoms with Crippen molar-refractivity contribution < 1.29 is 28.6 Å². The lowest BCUT2D eigenvalue weighted by atomic mass is 10.1. The first kappa shape index (κ1) is 22.1. The van der Waals surface area contributed by atoms with E-state index in [1.54, 1.807) is 12.1 Å². The van der Waals surface area contributed by atoms with Crippen LogP contribution in [0.5, 0.6) is 11.5 Å². The van der Waals surface area contributed by atoms with Crippen molar-refractivity contribution in [3.8, 4) is 11.5 Å². The lowest BCUT2D eigenvalue weighted by Crippen LogP contribution is -2.42. The minimum atomic E-state index is -1.01. The first-order chi connectivity index (χ1) is 13.2. The molecule has 0 aliphatic carbocycles. The fourth-order valence-electron chi connectivity index (χ4n) is 2.53. The van der Waals surface area contributed by atoms with Gasteiger partial charge >= 0.3 is 5.97 Å². The molecule has 1 heterocycles. The number of nitrogens with zero attached hydrogens (tertiary/aromatic N) is 1. The number of carbonyl (C=O) groups is 3. The van der Waals surface area contributed by atoms with Gasteiger partial charge in [-0.2, -0.15) is 0 Å². The summed E-state index contributed by atoms with van der Waals surface area (Å²) in [6, 6.07) is 2.30. The number of methoxy groups -OCH3 is 1. The molecular weight excluding hydrogens is 406 g/mol. The number of thioether (sulfide) groups is 1. The van der Waals surface area contributed by atoms with Crippen LogP contribution in [0.25, 0.3) is 6.08 Å². The standard InChI is InChI=1S/C19H22ClNO6S/c1-6-26-14-8-12(7-13(20)16(14)27-10(2)3)9-15-17(22)21(19(24)28-15)11(4)18(23)25-5/h7-11H,6H2,1-5H3/b15-9-/t11-/m1/s1. The van der Waals surface area contributed by atoms with Gasteiger partial charge < -0.3 is 14.2 Å². The molecule has 2 rings (SSSR count). The van der Waals surface area contributed by atoms with Crippen molar-refractivity contribution in [1.29, 1.82) is 0 Å². The van der Waals surface area contributed by atoms with Gasteiger partial charge in [0.05, 0.1) is 29.7 Å². The van der Waals surface area contributed by atoms with E-state index in [2.05, 4.69) is 4.74 Å². The number of amides is 2. The van der Waals surface area contributed by atoms with Gasteiger partial charge in [-0.25, -0.2) is 4.79 Å². The number of halogens is 1.